The fourth-order valence-electron chi connectivity index (χ4n) is 1.76. The molecule has 0 aromatic rings. The summed E-state index contributed by atoms with van der Waals surface area (Å²) in [5.74, 6) is 0.695. The Labute approximate surface area is 100 Å². The van der Waals surface area contributed by atoms with Crippen LogP contribution in [0, 0.1) is 5.92 Å². The fraction of sp³-hybridized carbons (Fsp3) is 1.00. The monoisotopic (exact) mass is 232 g/mol. The molecule has 0 aromatic heterocycles. The van der Waals surface area contributed by atoms with Gasteiger partial charge in [0, 0.05) is 33.4 Å². The molecule has 0 aliphatic rings. The van der Waals surface area contributed by atoms with Crippen molar-refractivity contribution in [2.45, 2.75) is 32.6 Å². The van der Waals surface area contributed by atoms with Gasteiger partial charge >= 0.3 is 0 Å². The first kappa shape index (κ1) is 15.8. The van der Waals surface area contributed by atoms with Gasteiger partial charge in [-0.1, -0.05) is 13.8 Å². The quantitative estimate of drug-likeness (QED) is 0.605. The van der Waals surface area contributed by atoms with E-state index >= 15 is 0 Å². The predicted octanol–water partition coefficient (Wildman–Crippen LogP) is 1.17. The van der Waals surface area contributed by atoms with Crippen LogP contribution in [0.1, 0.15) is 20.3 Å². The number of hydrogen-bond donors (Lipinski definition) is 1. The SMILES string of the molecule is COC(CNC(CC(C)C)CN(C)C)OC. The lowest BCUT2D eigenvalue weighted by atomic mass is 10.0. The molecule has 0 spiro atoms. The third-order valence-corrected chi connectivity index (χ3v) is 2.44. The number of likely N-dealkylation sites (N-methyl/N-ethyl adjacent to an activating group) is 1. The first-order valence-corrected chi connectivity index (χ1v) is 5.93. The number of hydrogen-bond acceptors (Lipinski definition) is 4. The molecule has 16 heavy (non-hydrogen) atoms. The Kier molecular flexibility index (Phi) is 8.84. The summed E-state index contributed by atoms with van der Waals surface area (Å²) in [5.41, 5.74) is 0. The Balaban J connectivity index is 3.99. The second kappa shape index (κ2) is 8.93. The molecule has 0 saturated carbocycles. The highest BCUT2D eigenvalue weighted by Crippen LogP contribution is 2.05. The summed E-state index contributed by atoms with van der Waals surface area (Å²) in [6.45, 7) is 6.26. The molecular weight excluding hydrogens is 204 g/mol. The van der Waals surface area contributed by atoms with E-state index < -0.39 is 0 Å². The summed E-state index contributed by atoms with van der Waals surface area (Å²) in [4.78, 5) is 2.20. The average molecular weight is 232 g/mol. The number of nitrogens with zero attached hydrogens (tertiary/aromatic N) is 1. The first-order chi connectivity index (χ1) is 7.49. The minimum atomic E-state index is -0.156. The second-order valence-corrected chi connectivity index (χ2v) is 4.90. The number of rotatable bonds is 9. The van der Waals surface area contributed by atoms with E-state index in [0.29, 0.717) is 12.0 Å². The van der Waals surface area contributed by atoms with Crippen LogP contribution >= 0.6 is 0 Å². The average Bonchev–Trinajstić information content (AvgIpc) is 2.17. The molecule has 0 heterocycles. The minimum absolute atomic E-state index is 0.156. The second-order valence-electron chi connectivity index (χ2n) is 4.90. The maximum absolute atomic E-state index is 5.16. The van der Waals surface area contributed by atoms with Crippen molar-refractivity contribution < 1.29 is 9.47 Å². The van der Waals surface area contributed by atoms with Crippen LogP contribution in [0.3, 0.4) is 0 Å². The summed E-state index contributed by atoms with van der Waals surface area (Å²) < 4.78 is 10.3. The summed E-state index contributed by atoms with van der Waals surface area (Å²) in [5, 5.41) is 3.49. The van der Waals surface area contributed by atoms with Gasteiger partial charge in [0.2, 0.25) is 0 Å². The van der Waals surface area contributed by atoms with E-state index in [1.54, 1.807) is 14.2 Å². The van der Waals surface area contributed by atoms with E-state index in [0.717, 1.165) is 13.1 Å². The highest BCUT2D eigenvalue weighted by Gasteiger charge is 2.14. The van der Waals surface area contributed by atoms with Crippen molar-refractivity contribution >= 4 is 0 Å². The molecule has 98 valence electrons. The van der Waals surface area contributed by atoms with Crippen molar-refractivity contribution in [2.75, 3.05) is 41.4 Å². The number of ether oxygens (including phenoxy) is 2. The van der Waals surface area contributed by atoms with Crippen molar-refractivity contribution in [3.63, 3.8) is 0 Å². The molecule has 0 aliphatic heterocycles. The molecule has 4 heteroatoms. The van der Waals surface area contributed by atoms with Gasteiger partial charge in [0.25, 0.3) is 0 Å². The third-order valence-electron chi connectivity index (χ3n) is 2.44. The van der Waals surface area contributed by atoms with Gasteiger partial charge in [0.05, 0.1) is 0 Å². The minimum Gasteiger partial charge on any atom is -0.355 e. The lowest BCUT2D eigenvalue weighted by molar-refractivity contribution is -0.100. The van der Waals surface area contributed by atoms with E-state index in [1.165, 1.54) is 6.42 Å². The van der Waals surface area contributed by atoms with E-state index in [4.69, 9.17) is 9.47 Å². The van der Waals surface area contributed by atoms with Crippen LogP contribution in [0.2, 0.25) is 0 Å². The smallest absolute Gasteiger partial charge is 0.169 e. The van der Waals surface area contributed by atoms with Gasteiger partial charge in [-0.05, 0) is 26.4 Å². The Bertz CT molecular complexity index is 149. The maximum Gasteiger partial charge on any atom is 0.169 e. The van der Waals surface area contributed by atoms with E-state index in [-0.39, 0.29) is 6.29 Å². The zero-order chi connectivity index (χ0) is 12.6. The van der Waals surface area contributed by atoms with Crippen molar-refractivity contribution in [1.82, 2.24) is 10.2 Å². The molecular formula is C12H28N2O2. The highest BCUT2D eigenvalue weighted by atomic mass is 16.7. The summed E-state index contributed by atoms with van der Waals surface area (Å²) in [7, 11) is 7.52. The van der Waals surface area contributed by atoms with Gasteiger partial charge < -0.3 is 19.7 Å². The summed E-state index contributed by atoms with van der Waals surface area (Å²) in [6.07, 6.45) is 1.01. The molecule has 0 bridgehead atoms. The summed E-state index contributed by atoms with van der Waals surface area (Å²) >= 11 is 0. The van der Waals surface area contributed by atoms with Gasteiger partial charge in [-0.2, -0.15) is 0 Å². The van der Waals surface area contributed by atoms with Crippen LogP contribution in [-0.4, -0.2) is 58.6 Å². The van der Waals surface area contributed by atoms with Crippen molar-refractivity contribution in [1.29, 1.82) is 0 Å². The Hall–Kier alpha value is -0.160. The molecule has 0 amide bonds. The Morgan fingerprint density at radius 3 is 2.06 bits per heavy atom. The molecule has 0 radical (unpaired) electrons. The topological polar surface area (TPSA) is 33.7 Å². The van der Waals surface area contributed by atoms with Crippen molar-refractivity contribution in [3.8, 4) is 0 Å². The predicted molar refractivity (Wildman–Crippen MR) is 67.6 cm³/mol. The maximum atomic E-state index is 5.16. The van der Waals surface area contributed by atoms with Crippen LogP contribution in [0.25, 0.3) is 0 Å². The largest absolute Gasteiger partial charge is 0.355 e. The molecule has 0 saturated heterocycles. The van der Waals surface area contributed by atoms with Crippen molar-refractivity contribution in [3.05, 3.63) is 0 Å². The van der Waals surface area contributed by atoms with E-state index in [1.807, 2.05) is 0 Å². The molecule has 0 aliphatic carbocycles. The zero-order valence-corrected chi connectivity index (χ0v) is 11.6. The molecule has 1 N–H and O–H groups in total. The lowest BCUT2D eigenvalue weighted by Gasteiger charge is -2.25. The molecule has 0 fully saturated rings. The number of methoxy groups -OCH3 is 2. The molecule has 4 nitrogen and oxygen atoms in total. The van der Waals surface area contributed by atoms with E-state index in [9.17, 15) is 0 Å². The fourth-order valence-corrected chi connectivity index (χ4v) is 1.76. The Morgan fingerprint density at radius 2 is 1.69 bits per heavy atom. The van der Waals surface area contributed by atoms with Gasteiger partial charge in [0.1, 0.15) is 0 Å². The number of nitrogens with one attached hydrogen (secondary N) is 1. The third kappa shape index (κ3) is 8.05. The molecule has 1 atom stereocenters. The van der Waals surface area contributed by atoms with Crippen LogP contribution in [-0.2, 0) is 9.47 Å². The van der Waals surface area contributed by atoms with Gasteiger partial charge in [-0.15, -0.1) is 0 Å². The van der Waals surface area contributed by atoms with Crippen molar-refractivity contribution in [2.24, 2.45) is 5.92 Å². The van der Waals surface area contributed by atoms with Crippen LogP contribution in [0.4, 0.5) is 0 Å². The molecule has 0 aromatic carbocycles. The standard InChI is InChI=1S/C12H28N2O2/c1-10(2)7-11(9-14(3)4)13-8-12(15-5)16-6/h10-13H,7-9H2,1-6H3. The zero-order valence-electron chi connectivity index (χ0n) is 11.6. The summed E-state index contributed by atoms with van der Waals surface area (Å²) in [6, 6.07) is 0.489. The van der Waals surface area contributed by atoms with Gasteiger partial charge in [-0.3, -0.25) is 0 Å². The van der Waals surface area contributed by atoms with Gasteiger partial charge in [-0.25, -0.2) is 0 Å². The normalized spacial score (nSPS) is 14.1. The lowest BCUT2D eigenvalue weighted by Crippen LogP contribution is -2.43. The van der Waals surface area contributed by atoms with Crippen LogP contribution in [0.5, 0.6) is 0 Å². The highest BCUT2D eigenvalue weighted by molar-refractivity contribution is 4.71. The first-order valence-electron chi connectivity index (χ1n) is 5.93. The molecule has 1 unspecified atom stereocenters. The van der Waals surface area contributed by atoms with Gasteiger partial charge in [0.15, 0.2) is 6.29 Å². The van der Waals surface area contributed by atoms with E-state index in [2.05, 4.69) is 38.2 Å². The Morgan fingerprint density at radius 1 is 1.12 bits per heavy atom. The van der Waals surface area contributed by atoms with Crippen LogP contribution in [0.15, 0.2) is 0 Å². The molecule has 0 rings (SSSR count). The van der Waals surface area contributed by atoms with Crippen LogP contribution < -0.4 is 5.32 Å².